The fraction of sp³-hybridized carbons (Fsp3) is 0.0833. The van der Waals surface area contributed by atoms with E-state index < -0.39 is 0 Å². The maximum Gasteiger partial charge on any atom is 0.157 e. The Labute approximate surface area is 103 Å². The molecule has 84 valence electrons. The van der Waals surface area contributed by atoms with Crippen molar-refractivity contribution < 1.29 is 0 Å². The normalized spacial score (nSPS) is 10.9. The Morgan fingerprint density at radius 1 is 1.24 bits per heavy atom. The molecule has 4 nitrogen and oxygen atoms in total. The molecule has 0 bridgehead atoms. The van der Waals surface area contributed by atoms with Crippen LogP contribution in [0.5, 0.6) is 0 Å². The SMILES string of the molecule is Cc1nc(Cl)c2c(ccn2-c2cccnc2)n1. The minimum atomic E-state index is 0.460. The highest BCUT2D eigenvalue weighted by Gasteiger charge is 2.10. The first-order valence-electron chi connectivity index (χ1n) is 5.17. The summed E-state index contributed by atoms with van der Waals surface area (Å²) in [5.74, 6) is 0.673. The Bertz CT molecular complexity index is 676. The fourth-order valence-corrected chi connectivity index (χ4v) is 2.13. The van der Waals surface area contributed by atoms with Crippen LogP contribution in [0.3, 0.4) is 0 Å². The summed E-state index contributed by atoms with van der Waals surface area (Å²) in [7, 11) is 0. The van der Waals surface area contributed by atoms with Gasteiger partial charge in [0.05, 0.1) is 17.4 Å². The number of pyridine rings is 1. The molecule has 0 saturated carbocycles. The van der Waals surface area contributed by atoms with Crippen LogP contribution in [0.1, 0.15) is 5.82 Å². The standard InChI is InChI=1S/C12H9ClN4/c1-8-15-10-4-6-17(11(10)12(13)16-8)9-3-2-5-14-7-9/h2-7H,1H3. The summed E-state index contributed by atoms with van der Waals surface area (Å²) in [6.07, 6.45) is 5.43. The van der Waals surface area contributed by atoms with Crippen molar-refractivity contribution in [3.63, 3.8) is 0 Å². The highest BCUT2D eigenvalue weighted by molar-refractivity contribution is 6.33. The molecule has 17 heavy (non-hydrogen) atoms. The summed E-state index contributed by atoms with van der Waals surface area (Å²) >= 11 is 6.17. The van der Waals surface area contributed by atoms with E-state index in [0.717, 1.165) is 16.7 Å². The molecule has 0 fully saturated rings. The molecule has 3 aromatic heterocycles. The van der Waals surface area contributed by atoms with Gasteiger partial charge in [0.25, 0.3) is 0 Å². The number of nitrogens with zero attached hydrogens (tertiary/aromatic N) is 4. The molecule has 0 spiro atoms. The maximum atomic E-state index is 6.17. The second-order valence-corrected chi connectivity index (χ2v) is 4.05. The summed E-state index contributed by atoms with van der Waals surface area (Å²) in [5, 5.41) is 0.460. The van der Waals surface area contributed by atoms with Crippen LogP contribution in [-0.4, -0.2) is 19.5 Å². The first kappa shape index (κ1) is 10.2. The third-order valence-electron chi connectivity index (χ3n) is 2.53. The van der Waals surface area contributed by atoms with Crippen molar-refractivity contribution in [2.75, 3.05) is 0 Å². The zero-order valence-corrected chi connectivity index (χ0v) is 9.89. The van der Waals surface area contributed by atoms with Crippen molar-refractivity contribution in [1.29, 1.82) is 0 Å². The third kappa shape index (κ3) is 1.66. The van der Waals surface area contributed by atoms with Crippen LogP contribution < -0.4 is 0 Å². The van der Waals surface area contributed by atoms with Crippen LogP contribution >= 0.6 is 11.6 Å². The number of hydrogen-bond donors (Lipinski definition) is 0. The van der Waals surface area contributed by atoms with Crippen LogP contribution in [0.25, 0.3) is 16.7 Å². The van der Waals surface area contributed by atoms with E-state index in [-0.39, 0.29) is 0 Å². The molecular formula is C12H9ClN4. The minimum absolute atomic E-state index is 0.460. The fourth-order valence-electron chi connectivity index (χ4n) is 1.82. The molecule has 0 unspecified atom stereocenters. The minimum Gasteiger partial charge on any atom is -0.311 e. The molecule has 3 aromatic rings. The van der Waals surface area contributed by atoms with E-state index in [1.54, 1.807) is 12.4 Å². The molecular weight excluding hydrogens is 236 g/mol. The van der Waals surface area contributed by atoms with Gasteiger partial charge in [0.1, 0.15) is 11.3 Å². The van der Waals surface area contributed by atoms with E-state index in [1.165, 1.54) is 0 Å². The van der Waals surface area contributed by atoms with Gasteiger partial charge < -0.3 is 4.57 Å². The van der Waals surface area contributed by atoms with Crippen molar-refractivity contribution >= 4 is 22.6 Å². The van der Waals surface area contributed by atoms with Gasteiger partial charge in [-0.2, -0.15) is 0 Å². The van der Waals surface area contributed by atoms with E-state index in [4.69, 9.17) is 11.6 Å². The first-order valence-corrected chi connectivity index (χ1v) is 5.55. The quantitative estimate of drug-likeness (QED) is 0.618. The average Bonchev–Trinajstić information content (AvgIpc) is 2.74. The van der Waals surface area contributed by atoms with Gasteiger partial charge in [0, 0.05) is 12.4 Å². The Balaban J connectivity index is 2.32. The molecule has 0 amide bonds. The van der Waals surface area contributed by atoms with Crippen molar-refractivity contribution in [1.82, 2.24) is 19.5 Å². The van der Waals surface area contributed by atoms with Gasteiger partial charge in [-0.3, -0.25) is 4.98 Å². The van der Waals surface area contributed by atoms with Crippen LogP contribution in [0.15, 0.2) is 36.8 Å². The molecule has 0 aliphatic heterocycles. The number of rotatable bonds is 1. The number of halogens is 1. The second-order valence-electron chi connectivity index (χ2n) is 3.69. The lowest BCUT2D eigenvalue weighted by Gasteiger charge is -2.05. The summed E-state index contributed by atoms with van der Waals surface area (Å²) in [4.78, 5) is 12.6. The Kier molecular flexibility index (Phi) is 2.30. The lowest BCUT2D eigenvalue weighted by Crippen LogP contribution is -1.96. The van der Waals surface area contributed by atoms with Crippen molar-refractivity contribution in [2.45, 2.75) is 6.92 Å². The van der Waals surface area contributed by atoms with Crippen molar-refractivity contribution in [2.24, 2.45) is 0 Å². The van der Waals surface area contributed by atoms with Gasteiger partial charge in [0.2, 0.25) is 0 Å². The van der Waals surface area contributed by atoms with E-state index in [1.807, 2.05) is 35.9 Å². The maximum absolute atomic E-state index is 6.17. The lowest BCUT2D eigenvalue weighted by molar-refractivity contribution is 1.06. The van der Waals surface area contributed by atoms with Crippen LogP contribution in [0.2, 0.25) is 5.15 Å². The summed E-state index contributed by atoms with van der Waals surface area (Å²) < 4.78 is 1.93. The molecule has 3 heterocycles. The summed E-state index contributed by atoms with van der Waals surface area (Å²) in [6.45, 7) is 1.83. The molecule has 0 radical (unpaired) electrons. The lowest BCUT2D eigenvalue weighted by atomic mass is 10.4. The van der Waals surface area contributed by atoms with Crippen LogP contribution in [-0.2, 0) is 0 Å². The Hall–Kier alpha value is -1.94. The molecule has 0 N–H and O–H groups in total. The second kappa shape index (κ2) is 3.82. The van der Waals surface area contributed by atoms with Crippen molar-refractivity contribution in [3.8, 4) is 5.69 Å². The number of hydrogen-bond acceptors (Lipinski definition) is 3. The van der Waals surface area contributed by atoms with Gasteiger partial charge in [-0.1, -0.05) is 11.6 Å². The summed E-state index contributed by atoms with van der Waals surface area (Å²) in [6, 6.07) is 5.76. The van der Waals surface area contributed by atoms with Crippen LogP contribution in [0.4, 0.5) is 0 Å². The zero-order valence-electron chi connectivity index (χ0n) is 9.13. The Morgan fingerprint density at radius 2 is 2.12 bits per heavy atom. The third-order valence-corrected chi connectivity index (χ3v) is 2.79. The van der Waals surface area contributed by atoms with Gasteiger partial charge in [-0.05, 0) is 25.1 Å². The highest BCUT2D eigenvalue weighted by Crippen LogP contribution is 2.24. The van der Waals surface area contributed by atoms with E-state index in [9.17, 15) is 0 Å². The number of fused-ring (bicyclic) bond motifs is 1. The first-order chi connectivity index (χ1) is 8.25. The van der Waals surface area contributed by atoms with Gasteiger partial charge >= 0.3 is 0 Å². The molecule has 0 aliphatic carbocycles. The topological polar surface area (TPSA) is 43.6 Å². The van der Waals surface area contributed by atoms with Gasteiger partial charge in [-0.15, -0.1) is 0 Å². The Morgan fingerprint density at radius 3 is 2.88 bits per heavy atom. The number of aromatic nitrogens is 4. The van der Waals surface area contributed by atoms with Gasteiger partial charge in [-0.25, -0.2) is 9.97 Å². The van der Waals surface area contributed by atoms with E-state index in [0.29, 0.717) is 11.0 Å². The van der Waals surface area contributed by atoms with Gasteiger partial charge in [0.15, 0.2) is 5.15 Å². The molecule has 5 heteroatoms. The monoisotopic (exact) mass is 244 g/mol. The molecule has 3 rings (SSSR count). The predicted molar refractivity (Wildman–Crippen MR) is 66.4 cm³/mol. The van der Waals surface area contributed by atoms with E-state index >= 15 is 0 Å². The summed E-state index contributed by atoms with van der Waals surface area (Å²) in [5.41, 5.74) is 2.59. The van der Waals surface area contributed by atoms with Crippen molar-refractivity contribution in [3.05, 3.63) is 47.8 Å². The average molecular weight is 245 g/mol. The highest BCUT2D eigenvalue weighted by atomic mass is 35.5. The molecule has 0 saturated heterocycles. The zero-order chi connectivity index (χ0) is 11.8. The largest absolute Gasteiger partial charge is 0.311 e. The van der Waals surface area contributed by atoms with Crippen LogP contribution in [0, 0.1) is 6.92 Å². The molecule has 0 atom stereocenters. The predicted octanol–water partition coefficient (Wildman–Crippen LogP) is 2.78. The molecule has 0 aliphatic rings. The molecule has 0 aromatic carbocycles. The van der Waals surface area contributed by atoms with E-state index in [2.05, 4.69) is 15.0 Å². The number of aryl methyl sites for hydroxylation is 1. The smallest absolute Gasteiger partial charge is 0.157 e.